The van der Waals surface area contributed by atoms with Crippen LogP contribution in [0.1, 0.15) is 31.2 Å². The van der Waals surface area contributed by atoms with Crippen molar-refractivity contribution < 1.29 is 14.7 Å². The number of carbonyl (C=O) groups is 2. The normalized spacial score (nSPS) is 14.2. The quantitative estimate of drug-likeness (QED) is 0.811. The van der Waals surface area contributed by atoms with Crippen molar-refractivity contribution in [2.75, 3.05) is 5.32 Å². The zero-order chi connectivity index (χ0) is 13.0. The van der Waals surface area contributed by atoms with Crippen molar-refractivity contribution in [1.82, 2.24) is 0 Å². The zero-order valence-electron chi connectivity index (χ0n) is 10.2. The molecular weight excluding hydrogens is 230 g/mol. The number of anilines is 1. The van der Waals surface area contributed by atoms with E-state index in [2.05, 4.69) is 5.32 Å². The van der Waals surface area contributed by atoms with Crippen LogP contribution in [0.2, 0.25) is 0 Å². The maximum Gasteiger partial charge on any atom is 0.303 e. The van der Waals surface area contributed by atoms with Crippen LogP contribution in [0.3, 0.4) is 0 Å². The fourth-order valence-corrected chi connectivity index (χ4v) is 1.89. The van der Waals surface area contributed by atoms with Gasteiger partial charge in [0.25, 0.3) is 0 Å². The number of carbonyl (C=O) groups excluding carboxylic acids is 1. The van der Waals surface area contributed by atoms with Crippen molar-refractivity contribution in [3.63, 3.8) is 0 Å². The van der Waals surface area contributed by atoms with E-state index in [0.29, 0.717) is 18.8 Å². The molecule has 1 saturated carbocycles. The topological polar surface area (TPSA) is 66.4 Å². The Morgan fingerprint density at radius 2 is 2.00 bits per heavy atom. The molecule has 1 aliphatic carbocycles. The number of para-hydroxylation sites is 1. The van der Waals surface area contributed by atoms with Crippen LogP contribution in [0, 0.1) is 5.92 Å². The van der Waals surface area contributed by atoms with Crippen LogP contribution in [0.5, 0.6) is 0 Å². The van der Waals surface area contributed by atoms with Crippen LogP contribution in [0.4, 0.5) is 5.69 Å². The van der Waals surface area contributed by atoms with Gasteiger partial charge in [-0.2, -0.15) is 0 Å². The molecule has 0 aromatic heterocycles. The van der Waals surface area contributed by atoms with Gasteiger partial charge >= 0.3 is 5.97 Å². The Hall–Kier alpha value is -1.84. The summed E-state index contributed by atoms with van der Waals surface area (Å²) in [6.07, 6.45) is 3.39. The minimum Gasteiger partial charge on any atom is -0.481 e. The fourth-order valence-electron chi connectivity index (χ4n) is 1.89. The van der Waals surface area contributed by atoms with Gasteiger partial charge < -0.3 is 10.4 Å². The highest BCUT2D eigenvalue weighted by atomic mass is 16.4. The van der Waals surface area contributed by atoms with Crippen molar-refractivity contribution in [3.05, 3.63) is 29.8 Å². The minimum absolute atomic E-state index is 0.0280. The average molecular weight is 247 g/mol. The third-order valence-electron chi connectivity index (χ3n) is 3.07. The summed E-state index contributed by atoms with van der Waals surface area (Å²) in [7, 11) is 0. The Morgan fingerprint density at radius 3 is 2.67 bits per heavy atom. The molecule has 0 saturated heterocycles. The Morgan fingerprint density at radius 1 is 1.28 bits per heavy atom. The Balaban J connectivity index is 1.96. The third-order valence-corrected chi connectivity index (χ3v) is 3.07. The van der Waals surface area contributed by atoms with E-state index in [-0.39, 0.29) is 12.3 Å². The Kier molecular flexibility index (Phi) is 3.97. The largest absolute Gasteiger partial charge is 0.481 e. The van der Waals surface area contributed by atoms with Gasteiger partial charge in [0, 0.05) is 18.5 Å². The van der Waals surface area contributed by atoms with Crippen molar-refractivity contribution in [3.8, 4) is 0 Å². The molecule has 0 bridgehead atoms. The van der Waals surface area contributed by atoms with Crippen LogP contribution in [0.15, 0.2) is 24.3 Å². The predicted octanol–water partition coefficient (Wildman–Crippen LogP) is 2.44. The molecule has 1 aromatic rings. The second-order valence-corrected chi connectivity index (χ2v) is 4.75. The summed E-state index contributed by atoms with van der Waals surface area (Å²) in [6, 6.07) is 7.38. The second kappa shape index (κ2) is 5.67. The van der Waals surface area contributed by atoms with Crippen molar-refractivity contribution in [2.24, 2.45) is 5.92 Å². The lowest BCUT2D eigenvalue weighted by molar-refractivity contribution is -0.136. The molecular formula is C14H17NO3. The Labute approximate surface area is 106 Å². The second-order valence-electron chi connectivity index (χ2n) is 4.75. The number of aliphatic carboxylic acids is 1. The summed E-state index contributed by atoms with van der Waals surface area (Å²) < 4.78 is 0. The number of hydrogen-bond donors (Lipinski definition) is 2. The monoisotopic (exact) mass is 247 g/mol. The van der Waals surface area contributed by atoms with E-state index in [9.17, 15) is 9.59 Å². The van der Waals surface area contributed by atoms with Crippen LogP contribution < -0.4 is 5.32 Å². The Bertz CT molecular complexity index is 452. The molecule has 18 heavy (non-hydrogen) atoms. The molecule has 0 unspecified atom stereocenters. The molecule has 0 radical (unpaired) electrons. The first kappa shape index (κ1) is 12.6. The summed E-state index contributed by atoms with van der Waals surface area (Å²) in [4.78, 5) is 22.3. The first-order valence-electron chi connectivity index (χ1n) is 6.24. The van der Waals surface area contributed by atoms with Crippen LogP contribution >= 0.6 is 0 Å². The van der Waals surface area contributed by atoms with Crippen LogP contribution in [-0.4, -0.2) is 17.0 Å². The third kappa shape index (κ3) is 3.87. The highest BCUT2D eigenvalue weighted by Gasteiger charge is 2.24. The van der Waals surface area contributed by atoms with E-state index in [1.54, 1.807) is 0 Å². The van der Waals surface area contributed by atoms with Gasteiger partial charge in [0.1, 0.15) is 0 Å². The maximum atomic E-state index is 11.7. The lowest BCUT2D eigenvalue weighted by atomic mass is 10.1. The molecule has 1 amide bonds. The lowest BCUT2D eigenvalue weighted by Gasteiger charge is -2.10. The van der Waals surface area contributed by atoms with Gasteiger partial charge in [-0.1, -0.05) is 18.2 Å². The van der Waals surface area contributed by atoms with Crippen LogP contribution in [0.25, 0.3) is 0 Å². The van der Waals surface area contributed by atoms with Crippen molar-refractivity contribution in [1.29, 1.82) is 0 Å². The maximum absolute atomic E-state index is 11.7. The molecule has 0 heterocycles. The van der Waals surface area contributed by atoms with E-state index >= 15 is 0 Å². The number of nitrogens with one attached hydrogen (secondary N) is 1. The first-order valence-corrected chi connectivity index (χ1v) is 6.24. The number of benzene rings is 1. The highest BCUT2D eigenvalue weighted by molar-refractivity contribution is 5.91. The number of carboxylic acids is 1. The van der Waals surface area contributed by atoms with E-state index in [1.807, 2.05) is 24.3 Å². The summed E-state index contributed by atoms with van der Waals surface area (Å²) in [5.41, 5.74) is 1.62. The van der Waals surface area contributed by atoms with Gasteiger partial charge in [-0.15, -0.1) is 0 Å². The fraction of sp³-hybridized carbons (Fsp3) is 0.429. The van der Waals surface area contributed by atoms with Crippen molar-refractivity contribution >= 4 is 17.6 Å². The molecule has 0 spiro atoms. The molecule has 2 rings (SSSR count). The molecule has 0 atom stereocenters. The van der Waals surface area contributed by atoms with E-state index in [4.69, 9.17) is 5.11 Å². The summed E-state index contributed by atoms with van der Waals surface area (Å²) in [5.74, 6) is -0.245. The molecule has 0 aliphatic heterocycles. The first-order chi connectivity index (χ1) is 8.65. The van der Waals surface area contributed by atoms with Gasteiger partial charge in [0.05, 0.1) is 0 Å². The molecule has 4 heteroatoms. The van der Waals surface area contributed by atoms with Gasteiger partial charge in [-0.3, -0.25) is 9.59 Å². The number of amides is 1. The standard InChI is InChI=1S/C14H17NO3/c16-13(9-10-5-6-10)15-12-4-2-1-3-11(12)7-8-14(17)18/h1-4,10H,5-9H2,(H,15,16)(H,17,18). The summed E-state index contributed by atoms with van der Waals surface area (Å²) >= 11 is 0. The molecule has 4 nitrogen and oxygen atoms in total. The van der Waals surface area contributed by atoms with E-state index in [0.717, 1.165) is 24.1 Å². The molecule has 2 N–H and O–H groups in total. The number of hydrogen-bond acceptors (Lipinski definition) is 2. The van der Waals surface area contributed by atoms with Crippen LogP contribution in [-0.2, 0) is 16.0 Å². The average Bonchev–Trinajstić information content (AvgIpc) is 3.11. The van der Waals surface area contributed by atoms with E-state index in [1.165, 1.54) is 0 Å². The number of rotatable bonds is 6. The molecule has 1 aromatic carbocycles. The molecule has 96 valence electrons. The summed E-state index contributed by atoms with van der Waals surface area (Å²) in [6.45, 7) is 0. The lowest BCUT2D eigenvalue weighted by Crippen LogP contribution is -2.13. The van der Waals surface area contributed by atoms with Gasteiger partial charge in [0.15, 0.2) is 0 Å². The SMILES string of the molecule is O=C(O)CCc1ccccc1NC(=O)CC1CC1. The zero-order valence-corrected chi connectivity index (χ0v) is 10.2. The smallest absolute Gasteiger partial charge is 0.303 e. The van der Waals surface area contributed by atoms with Gasteiger partial charge in [-0.05, 0) is 36.8 Å². The summed E-state index contributed by atoms with van der Waals surface area (Å²) in [5, 5.41) is 11.6. The van der Waals surface area contributed by atoms with E-state index < -0.39 is 5.97 Å². The van der Waals surface area contributed by atoms with Gasteiger partial charge in [0.2, 0.25) is 5.91 Å². The minimum atomic E-state index is -0.825. The molecule has 1 aliphatic rings. The highest BCUT2D eigenvalue weighted by Crippen LogP contribution is 2.32. The van der Waals surface area contributed by atoms with Gasteiger partial charge in [-0.25, -0.2) is 0 Å². The van der Waals surface area contributed by atoms with Crippen molar-refractivity contribution in [2.45, 2.75) is 32.1 Å². The molecule has 1 fully saturated rings. The number of aryl methyl sites for hydroxylation is 1. The number of carboxylic acid groups (broad SMARTS) is 1. The predicted molar refractivity (Wildman–Crippen MR) is 68.4 cm³/mol.